The molecule has 0 aliphatic carbocycles. The van der Waals surface area contributed by atoms with Crippen LogP contribution in [0.5, 0.6) is 11.5 Å². The van der Waals surface area contributed by atoms with Gasteiger partial charge in [0.15, 0.2) is 5.75 Å². The number of hydrogen-bond donors (Lipinski definition) is 1. The summed E-state index contributed by atoms with van der Waals surface area (Å²) in [7, 11) is 0. The molecule has 1 N–H and O–H groups in total. The van der Waals surface area contributed by atoms with Crippen LogP contribution in [-0.2, 0) is 0 Å². The maximum Gasteiger partial charge on any atom is 0.275 e. The molecule has 1 amide bonds. The second-order valence-electron chi connectivity index (χ2n) is 4.38. The third-order valence-corrected chi connectivity index (χ3v) is 3.65. The fraction of sp³-hybridized carbons (Fsp3) is 0. The van der Waals surface area contributed by atoms with E-state index in [-0.39, 0.29) is 5.91 Å². The van der Waals surface area contributed by atoms with Crippen molar-refractivity contribution in [1.82, 2.24) is 4.98 Å². The van der Waals surface area contributed by atoms with E-state index < -0.39 is 0 Å². The van der Waals surface area contributed by atoms with Crippen LogP contribution in [0.2, 0.25) is 5.02 Å². The van der Waals surface area contributed by atoms with Gasteiger partial charge in [0.05, 0.1) is 11.2 Å². The Morgan fingerprint density at radius 3 is 2.73 bits per heavy atom. The summed E-state index contributed by atoms with van der Waals surface area (Å²) in [5.74, 6) is 0.884. The Labute approximate surface area is 136 Å². The molecule has 3 rings (SSSR count). The molecule has 22 heavy (non-hydrogen) atoms. The smallest absolute Gasteiger partial charge is 0.275 e. The van der Waals surface area contributed by atoms with E-state index in [1.807, 2.05) is 30.3 Å². The Kier molecular flexibility index (Phi) is 4.37. The van der Waals surface area contributed by atoms with Crippen LogP contribution < -0.4 is 10.1 Å². The second-order valence-corrected chi connectivity index (χ2v) is 5.54. The number of benzene rings is 2. The molecule has 0 atom stereocenters. The lowest BCUT2D eigenvalue weighted by atomic mass is 10.2. The Balaban J connectivity index is 1.86. The minimum atomic E-state index is -0.304. The highest BCUT2D eigenvalue weighted by Crippen LogP contribution is 2.32. The molecule has 1 heterocycles. The van der Waals surface area contributed by atoms with Gasteiger partial charge in [-0.2, -0.15) is 0 Å². The van der Waals surface area contributed by atoms with Gasteiger partial charge in [0, 0.05) is 10.4 Å². The molecule has 0 spiro atoms. The SMILES string of the molecule is O=C(Nc1cc(Cl)ccc1Oc1ccccc1)c1cscn1. The lowest BCUT2D eigenvalue weighted by Crippen LogP contribution is -2.12. The Hall–Kier alpha value is -2.37. The minimum absolute atomic E-state index is 0.304. The summed E-state index contributed by atoms with van der Waals surface area (Å²) in [6.45, 7) is 0. The summed E-state index contributed by atoms with van der Waals surface area (Å²) < 4.78 is 5.79. The van der Waals surface area contributed by atoms with Crippen molar-refractivity contribution in [1.29, 1.82) is 0 Å². The second kappa shape index (κ2) is 6.60. The zero-order valence-corrected chi connectivity index (χ0v) is 12.9. The van der Waals surface area contributed by atoms with Crippen molar-refractivity contribution in [3.05, 3.63) is 70.1 Å². The number of halogens is 1. The first-order chi connectivity index (χ1) is 10.7. The minimum Gasteiger partial charge on any atom is -0.455 e. The fourth-order valence-electron chi connectivity index (χ4n) is 1.82. The van der Waals surface area contributed by atoms with Crippen LogP contribution >= 0.6 is 22.9 Å². The van der Waals surface area contributed by atoms with Crippen LogP contribution in [0.4, 0.5) is 5.69 Å². The lowest BCUT2D eigenvalue weighted by molar-refractivity contribution is 0.102. The van der Waals surface area contributed by atoms with Gasteiger partial charge < -0.3 is 10.1 Å². The predicted molar refractivity (Wildman–Crippen MR) is 88.0 cm³/mol. The number of anilines is 1. The van der Waals surface area contributed by atoms with E-state index in [0.717, 1.165) is 0 Å². The van der Waals surface area contributed by atoms with Crippen molar-refractivity contribution in [3.63, 3.8) is 0 Å². The zero-order valence-electron chi connectivity index (χ0n) is 11.3. The summed E-state index contributed by atoms with van der Waals surface area (Å²) in [5.41, 5.74) is 2.46. The first-order valence-corrected chi connectivity index (χ1v) is 7.76. The summed E-state index contributed by atoms with van der Waals surface area (Å²) >= 11 is 7.37. The monoisotopic (exact) mass is 330 g/mol. The largest absolute Gasteiger partial charge is 0.455 e. The van der Waals surface area contributed by atoms with E-state index in [1.54, 1.807) is 29.1 Å². The van der Waals surface area contributed by atoms with Gasteiger partial charge in [0.1, 0.15) is 11.4 Å². The molecular formula is C16H11ClN2O2S. The average Bonchev–Trinajstić information content (AvgIpc) is 3.05. The first kappa shape index (κ1) is 14.6. The van der Waals surface area contributed by atoms with Gasteiger partial charge in [0.2, 0.25) is 0 Å². The number of carbonyl (C=O) groups is 1. The number of aromatic nitrogens is 1. The third kappa shape index (κ3) is 3.44. The molecule has 1 aromatic heterocycles. The summed E-state index contributed by atoms with van der Waals surface area (Å²) in [4.78, 5) is 16.1. The van der Waals surface area contributed by atoms with E-state index >= 15 is 0 Å². The number of ether oxygens (including phenoxy) is 1. The number of carbonyl (C=O) groups excluding carboxylic acids is 1. The van der Waals surface area contributed by atoms with Crippen molar-refractivity contribution >= 4 is 34.5 Å². The Morgan fingerprint density at radius 1 is 1.18 bits per heavy atom. The molecule has 0 bridgehead atoms. The molecule has 0 unspecified atom stereocenters. The topological polar surface area (TPSA) is 51.2 Å². The normalized spacial score (nSPS) is 10.2. The van der Waals surface area contributed by atoms with Crippen molar-refractivity contribution in [2.24, 2.45) is 0 Å². The number of rotatable bonds is 4. The summed E-state index contributed by atoms with van der Waals surface area (Å²) in [6.07, 6.45) is 0. The molecule has 3 aromatic rings. The van der Waals surface area contributed by atoms with Gasteiger partial charge in [-0.3, -0.25) is 4.79 Å². The molecule has 0 aliphatic heterocycles. The van der Waals surface area contributed by atoms with E-state index in [0.29, 0.717) is 27.9 Å². The van der Waals surface area contributed by atoms with Crippen molar-refractivity contribution in [2.45, 2.75) is 0 Å². The maximum atomic E-state index is 12.1. The average molecular weight is 331 g/mol. The van der Waals surface area contributed by atoms with Gasteiger partial charge in [-0.1, -0.05) is 29.8 Å². The van der Waals surface area contributed by atoms with Crippen LogP contribution in [0.3, 0.4) is 0 Å². The van der Waals surface area contributed by atoms with E-state index in [9.17, 15) is 4.79 Å². The lowest BCUT2D eigenvalue weighted by Gasteiger charge is -2.12. The highest BCUT2D eigenvalue weighted by atomic mass is 35.5. The molecule has 0 saturated carbocycles. The van der Waals surface area contributed by atoms with E-state index in [2.05, 4.69) is 10.3 Å². The van der Waals surface area contributed by atoms with Gasteiger partial charge in [0.25, 0.3) is 5.91 Å². The van der Waals surface area contributed by atoms with Gasteiger partial charge in [-0.05, 0) is 30.3 Å². The molecule has 0 saturated heterocycles. The summed E-state index contributed by atoms with van der Waals surface area (Å²) in [5, 5.41) is 4.96. The highest BCUT2D eigenvalue weighted by molar-refractivity contribution is 7.07. The van der Waals surface area contributed by atoms with Gasteiger partial charge in [-0.25, -0.2) is 4.98 Å². The van der Waals surface area contributed by atoms with Crippen LogP contribution in [-0.4, -0.2) is 10.9 Å². The molecule has 0 radical (unpaired) electrons. The fourth-order valence-corrected chi connectivity index (χ4v) is 2.52. The number of nitrogens with one attached hydrogen (secondary N) is 1. The number of hydrogen-bond acceptors (Lipinski definition) is 4. The van der Waals surface area contributed by atoms with Crippen LogP contribution in [0.15, 0.2) is 59.4 Å². The quantitative estimate of drug-likeness (QED) is 0.744. The first-order valence-electron chi connectivity index (χ1n) is 6.44. The molecule has 0 fully saturated rings. The molecule has 6 heteroatoms. The van der Waals surface area contributed by atoms with Crippen LogP contribution in [0.25, 0.3) is 0 Å². The number of para-hydroxylation sites is 1. The van der Waals surface area contributed by atoms with Crippen LogP contribution in [0, 0.1) is 0 Å². The van der Waals surface area contributed by atoms with Crippen molar-refractivity contribution < 1.29 is 9.53 Å². The molecule has 4 nitrogen and oxygen atoms in total. The number of amides is 1. The number of thiazole rings is 1. The standard InChI is InChI=1S/C16H11ClN2O2S/c17-11-6-7-15(21-12-4-2-1-3-5-12)13(8-11)19-16(20)14-9-22-10-18-14/h1-10H,(H,19,20). The highest BCUT2D eigenvalue weighted by Gasteiger charge is 2.12. The predicted octanol–water partition coefficient (Wildman–Crippen LogP) is 4.84. The molecular weight excluding hydrogens is 320 g/mol. The maximum absolute atomic E-state index is 12.1. The van der Waals surface area contributed by atoms with Gasteiger partial charge >= 0.3 is 0 Å². The number of nitrogens with zero attached hydrogens (tertiary/aromatic N) is 1. The van der Waals surface area contributed by atoms with Gasteiger partial charge in [-0.15, -0.1) is 11.3 Å². The van der Waals surface area contributed by atoms with E-state index in [1.165, 1.54) is 11.3 Å². The summed E-state index contributed by atoms with van der Waals surface area (Å²) in [6, 6.07) is 14.4. The van der Waals surface area contributed by atoms with Crippen molar-refractivity contribution in [3.8, 4) is 11.5 Å². The molecule has 0 aliphatic rings. The van der Waals surface area contributed by atoms with Crippen LogP contribution in [0.1, 0.15) is 10.5 Å². The zero-order chi connectivity index (χ0) is 15.4. The van der Waals surface area contributed by atoms with E-state index in [4.69, 9.17) is 16.3 Å². The molecule has 2 aromatic carbocycles. The Morgan fingerprint density at radius 2 is 2.00 bits per heavy atom. The molecule has 110 valence electrons. The Bertz CT molecular complexity index is 776. The third-order valence-electron chi connectivity index (χ3n) is 2.83. The van der Waals surface area contributed by atoms with Crippen molar-refractivity contribution in [2.75, 3.05) is 5.32 Å².